The lowest BCUT2D eigenvalue weighted by atomic mass is 10.2. The lowest BCUT2D eigenvalue weighted by Gasteiger charge is -2.13. The summed E-state index contributed by atoms with van der Waals surface area (Å²) in [6.45, 7) is 0. The number of rotatable bonds is 3. The second-order valence-corrected chi connectivity index (χ2v) is 4.38. The number of pyridine rings is 1. The molecule has 1 heterocycles. The number of carboxylic acid groups (broad SMARTS) is 1. The maximum absolute atomic E-state index is 10.8. The van der Waals surface area contributed by atoms with Gasteiger partial charge in [-0.3, -0.25) is 0 Å². The molecule has 0 aromatic carbocycles. The monoisotopic (exact) mass is 240 g/mol. The SMILES string of the molecule is O=C(O)c1cc(Cl)nc(NC2CCCC2)c1. The largest absolute Gasteiger partial charge is 0.478 e. The molecule has 0 radical (unpaired) electrons. The highest BCUT2D eigenvalue weighted by Gasteiger charge is 2.16. The number of nitrogens with one attached hydrogen (secondary N) is 1. The zero-order chi connectivity index (χ0) is 11.5. The standard InChI is InChI=1S/C11H13ClN2O2/c12-9-5-7(11(15)16)6-10(14-9)13-8-3-1-2-4-8/h5-6,8H,1-4H2,(H,13,14)(H,15,16). The van der Waals surface area contributed by atoms with Crippen LogP contribution in [0.4, 0.5) is 5.82 Å². The molecule has 1 saturated carbocycles. The van der Waals surface area contributed by atoms with Gasteiger partial charge in [0.25, 0.3) is 0 Å². The minimum absolute atomic E-state index is 0.167. The first-order valence-electron chi connectivity index (χ1n) is 5.32. The molecule has 1 aromatic heterocycles. The first kappa shape index (κ1) is 11.2. The number of nitrogens with zero attached hydrogens (tertiary/aromatic N) is 1. The molecule has 0 bridgehead atoms. The Hall–Kier alpha value is -1.29. The van der Waals surface area contributed by atoms with E-state index in [-0.39, 0.29) is 10.7 Å². The summed E-state index contributed by atoms with van der Waals surface area (Å²) in [6.07, 6.45) is 4.64. The Balaban J connectivity index is 2.16. The van der Waals surface area contributed by atoms with E-state index in [1.165, 1.54) is 25.0 Å². The van der Waals surface area contributed by atoms with Crippen LogP contribution in [0.5, 0.6) is 0 Å². The van der Waals surface area contributed by atoms with Crippen molar-refractivity contribution in [2.24, 2.45) is 0 Å². The van der Waals surface area contributed by atoms with Crippen LogP contribution in [0.1, 0.15) is 36.0 Å². The van der Waals surface area contributed by atoms with E-state index in [0.29, 0.717) is 11.9 Å². The van der Waals surface area contributed by atoms with Crippen molar-refractivity contribution < 1.29 is 9.90 Å². The second-order valence-electron chi connectivity index (χ2n) is 3.99. The van der Waals surface area contributed by atoms with E-state index in [1.54, 1.807) is 0 Å². The van der Waals surface area contributed by atoms with E-state index >= 15 is 0 Å². The molecule has 86 valence electrons. The van der Waals surface area contributed by atoms with Gasteiger partial charge in [0, 0.05) is 6.04 Å². The molecule has 0 saturated heterocycles. The van der Waals surface area contributed by atoms with Crippen LogP contribution in [0, 0.1) is 0 Å². The number of carboxylic acids is 1. The van der Waals surface area contributed by atoms with Crippen molar-refractivity contribution in [3.63, 3.8) is 0 Å². The Bertz CT molecular complexity index is 403. The molecule has 0 aliphatic heterocycles. The third-order valence-corrected chi connectivity index (χ3v) is 2.94. The number of aromatic carboxylic acids is 1. The molecule has 2 N–H and O–H groups in total. The van der Waals surface area contributed by atoms with Crippen molar-refractivity contribution in [1.82, 2.24) is 4.98 Å². The Kier molecular flexibility index (Phi) is 3.29. The summed E-state index contributed by atoms with van der Waals surface area (Å²) in [6, 6.07) is 3.27. The van der Waals surface area contributed by atoms with Crippen LogP contribution in [-0.2, 0) is 0 Å². The van der Waals surface area contributed by atoms with E-state index in [0.717, 1.165) is 12.8 Å². The number of halogens is 1. The fourth-order valence-corrected chi connectivity index (χ4v) is 2.18. The van der Waals surface area contributed by atoms with E-state index in [1.807, 2.05) is 0 Å². The minimum atomic E-state index is -0.987. The summed E-state index contributed by atoms with van der Waals surface area (Å²) in [5.41, 5.74) is 0.167. The number of hydrogen-bond donors (Lipinski definition) is 2. The van der Waals surface area contributed by atoms with E-state index in [4.69, 9.17) is 16.7 Å². The van der Waals surface area contributed by atoms with Gasteiger partial charge in [0.15, 0.2) is 0 Å². The summed E-state index contributed by atoms with van der Waals surface area (Å²) in [5.74, 6) is -0.435. The zero-order valence-electron chi connectivity index (χ0n) is 8.74. The Labute approximate surface area is 98.6 Å². The molecule has 1 aliphatic carbocycles. The van der Waals surface area contributed by atoms with Crippen LogP contribution in [0.25, 0.3) is 0 Å². The van der Waals surface area contributed by atoms with Gasteiger partial charge in [-0.2, -0.15) is 0 Å². The average Bonchev–Trinajstić information content (AvgIpc) is 2.69. The van der Waals surface area contributed by atoms with Crippen LogP contribution in [-0.4, -0.2) is 22.1 Å². The molecule has 1 aliphatic rings. The minimum Gasteiger partial charge on any atom is -0.478 e. The molecule has 0 atom stereocenters. The van der Waals surface area contributed by atoms with Gasteiger partial charge in [-0.1, -0.05) is 24.4 Å². The van der Waals surface area contributed by atoms with Gasteiger partial charge in [-0.15, -0.1) is 0 Å². The fourth-order valence-electron chi connectivity index (χ4n) is 1.97. The van der Waals surface area contributed by atoms with Gasteiger partial charge in [-0.25, -0.2) is 9.78 Å². The summed E-state index contributed by atoms with van der Waals surface area (Å²) in [4.78, 5) is 14.9. The first-order chi connectivity index (χ1) is 7.65. The van der Waals surface area contributed by atoms with Crippen molar-refractivity contribution in [2.45, 2.75) is 31.7 Å². The third-order valence-electron chi connectivity index (χ3n) is 2.75. The Morgan fingerprint density at radius 2 is 2.12 bits per heavy atom. The average molecular weight is 241 g/mol. The Morgan fingerprint density at radius 3 is 2.75 bits per heavy atom. The highest BCUT2D eigenvalue weighted by Crippen LogP contribution is 2.23. The van der Waals surface area contributed by atoms with Crippen molar-refractivity contribution in [3.8, 4) is 0 Å². The smallest absolute Gasteiger partial charge is 0.335 e. The van der Waals surface area contributed by atoms with Crippen molar-refractivity contribution in [3.05, 3.63) is 22.8 Å². The number of carbonyl (C=O) groups is 1. The lowest BCUT2D eigenvalue weighted by molar-refractivity contribution is 0.0697. The molecule has 16 heavy (non-hydrogen) atoms. The number of aromatic nitrogens is 1. The summed E-state index contributed by atoms with van der Waals surface area (Å²) >= 11 is 5.77. The van der Waals surface area contributed by atoms with Crippen molar-refractivity contribution >= 4 is 23.4 Å². The van der Waals surface area contributed by atoms with Gasteiger partial charge >= 0.3 is 5.97 Å². The van der Waals surface area contributed by atoms with Crippen LogP contribution >= 0.6 is 11.6 Å². The topological polar surface area (TPSA) is 62.2 Å². The molecule has 4 nitrogen and oxygen atoms in total. The molecule has 1 aromatic rings. The van der Waals surface area contributed by atoms with Gasteiger partial charge in [0.1, 0.15) is 11.0 Å². The molecular weight excluding hydrogens is 228 g/mol. The summed E-state index contributed by atoms with van der Waals surface area (Å²) in [5, 5.41) is 12.3. The zero-order valence-corrected chi connectivity index (χ0v) is 9.50. The molecule has 0 spiro atoms. The summed E-state index contributed by atoms with van der Waals surface area (Å²) < 4.78 is 0. The van der Waals surface area contributed by atoms with E-state index < -0.39 is 5.97 Å². The summed E-state index contributed by atoms with van der Waals surface area (Å²) in [7, 11) is 0. The predicted octanol–water partition coefficient (Wildman–Crippen LogP) is 2.79. The van der Waals surface area contributed by atoms with E-state index in [2.05, 4.69) is 10.3 Å². The number of hydrogen-bond acceptors (Lipinski definition) is 3. The third kappa shape index (κ3) is 2.64. The van der Waals surface area contributed by atoms with Gasteiger partial charge in [0.2, 0.25) is 0 Å². The fraction of sp³-hybridized carbons (Fsp3) is 0.455. The van der Waals surface area contributed by atoms with Gasteiger partial charge in [0.05, 0.1) is 5.56 Å². The normalized spacial score (nSPS) is 16.3. The molecule has 2 rings (SSSR count). The predicted molar refractivity (Wildman–Crippen MR) is 62.1 cm³/mol. The molecule has 5 heteroatoms. The quantitative estimate of drug-likeness (QED) is 0.798. The maximum atomic E-state index is 10.8. The highest BCUT2D eigenvalue weighted by atomic mass is 35.5. The van der Waals surface area contributed by atoms with Gasteiger partial charge < -0.3 is 10.4 Å². The first-order valence-corrected chi connectivity index (χ1v) is 5.70. The second kappa shape index (κ2) is 4.70. The van der Waals surface area contributed by atoms with Gasteiger partial charge in [-0.05, 0) is 25.0 Å². The van der Waals surface area contributed by atoms with Crippen LogP contribution in [0.15, 0.2) is 12.1 Å². The van der Waals surface area contributed by atoms with Crippen LogP contribution < -0.4 is 5.32 Å². The maximum Gasteiger partial charge on any atom is 0.335 e. The number of anilines is 1. The molecular formula is C11H13ClN2O2. The van der Waals surface area contributed by atoms with E-state index in [9.17, 15) is 4.79 Å². The Morgan fingerprint density at radius 1 is 1.44 bits per heavy atom. The van der Waals surface area contributed by atoms with Crippen LogP contribution in [0.3, 0.4) is 0 Å². The molecule has 1 fully saturated rings. The lowest BCUT2D eigenvalue weighted by Crippen LogP contribution is -2.16. The molecule has 0 unspecified atom stereocenters. The molecule has 0 amide bonds. The van der Waals surface area contributed by atoms with Crippen molar-refractivity contribution in [2.75, 3.05) is 5.32 Å². The highest BCUT2D eigenvalue weighted by molar-refractivity contribution is 6.29. The van der Waals surface area contributed by atoms with Crippen molar-refractivity contribution in [1.29, 1.82) is 0 Å². The van der Waals surface area contributed by atoms with Crippen LogP contribution in [0.2, 0.25) is 5.15 Å².